The first-order valence-electron chi connectivity index (χ1n) is 10.1. The van der Waals surface area contributed by atoms with E-state index in [2.05, 4.69) is 5.32 Å². The molecule has 2 aromatic carbocycles. The molecule has 5 heteroatoms. The normalized spacial score (nSPS) is 14.2. The Morgan fingerprint density at radius 2 is 1.75 bits per heavy atom. The number of anilines is 1. The van der Waals surface area contributed by atoms with Gasteiger partial charge in [-0.05, 0) is 49.6 Å². The Morgan fingerprint density at radius 1 is 1.00 bits per heavy atom. The number of amides is 2. The zero-order valence-electron chi connectivity index (χ0n) is 16.4. The van der Waals surface area contributed by atoms with E-state index in [1.165, 1.54) is 12.8 Å². The van der Waals surface area contributed by atoms with E-state index in [4.69, 9.17) is 4.74 Å². The molecule has 148 valence electrons. The molecule has 3 rings (SSSR count). The van der Waals surface area contributed by atoms with E-state index in [0.717, 1.165) is 32.4 Å². The summed E-state index contributed by atoms with van der Waals surface area (Å²) in [5.74, 6) is 0.402. The number of rotatable bonds is 6. The van der Waals surface area contributed by atoms with Gasteiger partial charge in [0.25, 0.3) is 11.8 Å². The molecular formula is C23H28N2O3. The van der Waals surface area contributed by atoms with Crippen molar-refractivity contribution < 1.29 is 14.3 Å². The van der Waals surface area contributed by atoms with Gasteiger partial charge in [-0.2, -0.15) is 0 Å². The molecule has 1 saturated heterocycles. The third kappa shape index (κ3) is 5.12. The van der Waals surface area contributed by atoms with Gasteiger partial charge in [-0.25, -0.2) is 0 Å². The predicted octanol–water partition coefficient (Wildman–Crippen LogP) is 4.74. The largest absolute Gasteiger partial charge is 0.494 e. The third-order valence-electron chi connectivity index (χ3n) is 4.87. The summed E-state index contributed by atoms with van der Waals surface area (Å²) in [7, 11) is 0. The summed E-state index contributed by atoms with van der Waals surface area (Å²) >= 11 is 0. The highest BCUT2D eigenvalue weighted by Crippen LogP contribution is 2.21. The number of hydrogen-bond donors (Lipinski definition) is 1. The Balaban J connectivity index is 1.75. The molecule has 28 heavy (non-hydrogen) atoms. The number of nitrogens with zero attached hydrogens (tertiary/aromatic N) is 1. The highest BCUT2D eigenvalue weighted by Gasteiger charge is 2.21. The van der Waals surface area contributed by atoms with Gasteiger partial charge in [0.05, 0.1) is 17.9 Å². The number of benzene rings is 2. The molecule has 1 heterocycles. The molecule has 0 saturated carbocycles. The zero-order valence-corrected chi connectivity index (χ0v) is 16.4. The van der Waals surface area contributed by atoms with Crippen LogP contribution < -0.4 is 10.1 Å². The van der Waals surface area contributed by atoms with Gasteiger partial charge in [-0.15, -0.1) is 0 Å². The molecule has 0 atom stereocenters. The molecule has 0 unspecified atom stereocenters. The summed E-state index contributed by atoms with van der Waals surface area (Å²) in [5, 5.41) is 2.90. The maximum atomic E-state index is 13.0. The molecule has 0 spiro atoms. The number of likely N-dealkylation sites (tertiary alicyclic amines) is 1. The highest BCUT2D eigenvalue weighted by atomic mass is 16.5. The molecule has 0 bridgehead atoms. The lowest BCUT2D eigenvalue weighted by Gasteiger charge is -2.22. The van der Waals surface area contributed by atoms with Gasteiger partial charge in [0.15, 0.2) is 0 Å². The van der Waals surface area contributed by atoms with Crippen molar-refractivity contribution in [3.05, 3.63) is 59.7 Å². The fraction of sp³-hybridized carbons (Fsp3) is 0.391. The highest BCUT2D eigenvalue weighted by molar-refractivity contribution is 6.09. The van der Waals surface area contributed by atoms with Crippen molar-refractivity contribution >= 4 is 17.5 Å². The Kier molecular flexibility index (Phi) is 7.06. The number of hydrogen-bond acceptors (Lipinski definition) is 3. The molecule has 2 aromatic rings. The SMILES string of the molecule is CCCOc1cccc(C(=O)Nc2ccccc2C(=O)N2CCCCCC2)c1. The first-order valence-corrected chi connectivity index (χ1v) is 10.1. The van der Waals surface area contributed by atoms with Crippen LogP contribution in [0.1, 0.15) is 59.7 Å². The van der Waals surface area contributed by atoms with Crippen LogP contribution in [0.5, 0.6) is 5.75 Å². The minimum absolute atomic E-state index is 0.0159. The maximum absolute atomic E-state index is 13.0. The summed E-state index contributed by atoms with van der Waals surface area (Å²) in [5.41, 5.74) is 1.59. The summed E-state index contributed by atoms with van der Waals surface area (Å²) in [6, 6.07) is 14.3. The fourth-order valence-electron chi connectivity index (χ4n) is 3.36. The molecule has 1 N–H and O–H groups in total. The van der Waals surface area contributed by atoms with Gasteiger partial charge in [-0.1, -0.05) is 38.0 Å². The number of carbonyl (C=O) groups excluding carboxylic acids is 2. The Labute approximate surface area is 166 Å². The first-order chi connectivity index (χ1) is 13.7. The Morgan fingerprint density at radius 3 is 2.50 bits per heavy atom. The van der Waals surface area contributed by atoms with Crippen LogP contribution in [0.4, 0.5) is 5.69 Å². The van der Waals surface area contributed by atoms with E-state index >= 15 is 0 Å². The number of nitrogens with one attached hydrogen (secondary N) is 1. The van der Waals surface area contributed by atoms with Crippen LogP contribution in [0.3, 0.4) is 0 Å². The smallest absolute Gasteiger partial charge is 0.255 e. The summed E-state index contributed by atoms with van der Waals surface area (Å²) in [6.07, 6.45) is 5.30. The lowest BCUT2D eigenvalue weighted by molar-refractivity contribution is 0.0762. The summed E-state index contributed by atoms with van der Waals surface area (Å²) in [6.45, 7) is 4.20. The Hall–Kier alpha value is -2.82. The van der Waals surface area contributed by atoms with Crippen molar-refractivity contribution in [1.82, 2.24) is 4.90 Å². The maximum Gasteiger partial charge on any atom is 0.255 e. The standard InChI is InChI=1S/C23H28N2O3/c1-2-16-28-19-11-9-10-18(17-19)22(26)24-21-13-6-5-12-20(21)23(27)25-14-7-3-4-8-15-25/h5-6,9-13,17H,2-4,7-8,14-16H2,1H3,(H,24,26). The van der Waals surface area contributed by atoms with Crippen LogP contribution >= 0.6 is 0 Å². The van der Waals surface area contributed by atoms with Crippen molar-refractivity contribution in [3.63, 3.8) is 0 Å². The van der Waals surface area contributed by atoms with Crippen molar-refractivity contribution in [3.8, 4) is 5.75 Å². The van der Waals surface area contributed by atoms with Crippen LogP contribution in [-0.4, -0.2) is 36.4 Å². The number of ether oxygens (including phenoxy) is 1. The van der Waals surface area contributed by atoms with Crippen LogP contribution in [0.15, 0.2) is 48.5 Å². The van der Waals surface area contributed by atoms with Crippen LogP contribution in [0.2, 0.25) is 0 Å². The van der Waals surface area contributed by atoms with Crippen LogP contribution in [0, 0.1) is 0 Å². The van der Waals surface area contributed by atoms with Gasteiger partial charge in [-0.3, -0.25) is 9.59 Å². The topological polar surface area (TPSA) is 58.6 Å². The fourth-order valence-corrected chi connectivity index (χ4v) is 3.36. The quantitative estimate of drug-likeness (QED) is 0.787. The van der Waals surface area contributed by atoms with E-state index in [1.807, 2.05) is 30.0 Å². The minimum Gasteiger partial charge on any atom is -0.494 e. The van der Waals surface area contributed by atoms with Crippen LogP contribution in [-0.2, 0) is 0 Å². The van der Waals surface area contributed by atoms with Gasteiger partial charge >= 0.3 is 0 Å². The third-order valence-corrected chi connectivity index (χ3v) is 4.87. The van der Waals surface area contributed by atoms with Crippen molar-refractivity contribution in [1.29, 1.82) is 0 Å². The summed E-state index contributed by atoms with van der Waals surface area (Å²) in [4.78, 5) is 27.7. The second kappa shape index (κ2) is 9.93. The average Bonchev–Trinajstić information content (AvgIpc) is 3.02. The lowest BCUT2D eigenvalue weighted by atomic mass is 10.1. The van der Waals surface area contributed by atoms with Gasteiger partial charge in [0, 0.05) is 18.7 Å². The molecule has 0 radical (unpaired) electrons. The van der Waals surface area contributed by atoms with Crippen molar-refractivity contribution in [2.24, 2.45) is 0 Å². The second-order valence-corrected chi connectivity index (χ2v) is 7.08. The predicted molar refractivity (Wildman–Crippen MR) is 111 cm³/mol. The second-order valence-electron chi connectivity index (χ2n) is 7.08. The molecule has 1 fully saturated rings. The average molecular weight is 380 g/mol. The van der Waals surface area contributed by atoms with E-state index in [0.29, 0.717) is 29.2 Å². The van der Waals surface area contributed by atoms with Crippen LogP contribution in [0.25, 0.3) is 0 Å². The van der Waals surface area contributed by atoms with Crippen molar-refractivity contribution in [2.75, 3.05) is 25.0 Å². The van der Waals surface area contributed by atoms with Gasteiger partial charge < -0.3 is 15.0 Å². The molecule has 0 aromatic heterocycles. The summed E-state index contributed by atoms with van der Waals surface area (Å²) < 4.78 is 5.61. The molecule has 2 amide bonds. The van der Waals surface area contributed by atoms with E-state index in [1.54, 1.807) is 30.3 Å². The minimum atomic E-state index is -0.252. The number of carbonyl (C=O) groups is 2. The molecule has 1 aliphatic heterocycles. The molecule has 0 aliphatic carbocycles. The molecule has 1 aliphatic rings. The van der Waals surface area contributed by atoms with E-state index in [-0.39, 0.29) is 11.8 Å². The van der Waals surface area contributed by atoms with Gasteiger partial charge in [0.2, 0.25) is 0 Å². The van der Waals surface area contributed by atoms with E-state index in [9.17, 15) is 9.59 Å². The zero-order chi connectivity index (χ0) is 19.8. The van der Waals surface area contributed by atoms with Gasteiger partial charge in [0.1, 0.15) is 5.75 Å². The molecular weight excluding hydrogens is 352 g/mol. The first kappa shape index (κ1) is 19.9. The van der Waals surface area contributed by atoms with E-state index < -0.39 is 0 Å². The monoisotopic (exact) mass is 380 g/mol. The Bertz CT molecular complexity index is 811. The van der Waals surface area contributed by atoms with Crippen molar-refractivity contribution in [2.45, 2.75) is 39.0 Å². The molecule has 5 nitrogen and oxygen atoms in total. The lowest BCUT2D eigenvalue weighted by Crippen LogP contribution is -2.32. The number of para-hydroxylation sites is 1.